The van der Waals surface area contributed by atoms with Gasteiger partial charge in [0.25, 0.3) is 0 Å². The van der Waals surface area contributed by atoms with Crippen molar-refractivity contribution in [1.29, 1.82) is 0 Å². The van der Waals surface area contributed by atoms with Gasteiger partial charge in [-0.2, -0.15) is 0 Å². The molecule has 0 radical (unpaired) electrons. The van der Waals surface area contributed by atoms with Crippen LogP contribution in [0.3, 0.4) is 0 Å². The Labute approximate surface area is 96.4 Å². The van der Waals surface area contributed by atoms with Crippen LogP contribution in [0.2, 0.25) is 0 Å². The standard InChI is InChI=1S/C13H17ClO/c1-12(2,3)10-4-6-11(7-5-10)13(14)8-15-9-13/h4-7H,8-9H2,1-3H3. The van der Waals surface area contributed by atoms with Crippen LogP contribution < -0.4 is 0 Å². The van der Waals surface area contributed by atoms with Gasteiger partial charge in [-0.25, -0.2) is 0 Å². The Kier molecular flexibility index (Phi) is 2.56. The van der Waals surface area contributed by atoms with Gasteiger partial charge in [0.1, 0.15) is 4.87 Å². The number of hydrogen-bond donors (Lipinski definition) is 0. The van der Waals surface area contributed by atoms with E-state index in [2.05, 4.69) is 45.0 Å². The minimum Gasteiger partial charge on any atom is -0.377 e. The van der Waals surface area contributed by atoms with E-state index in [0.29, 0.717) is 13.2 Å². The molecule has 0 unspecified atom stereocenters. The smallest absolute Gasteiger partial charge is 0.116 e. The van der Waals surface area contributed by atoms with Gasteiger partial charge >= 0.3 is 0 Å². The number of halogens is 1. The predicted octanol–water partition coefficient (Wildman–Crippen LogP) is 3.45. The maximum atomic E-state index is 6.37. The Morgan fingerprint density at radius 2 is 1.67 bits per heavy atom. The Balaban J connectivity index is 2.24. The van der Waals surface area contributed by atoms with Crippen LogP contribution in [0, 0.1) is 0 Å². The molecule has 2 heteroatoms. The topological polar surface area (TPSA) is 9.23 Å². The van der Waals surface area contributed by atoms with Gasteiger partial charge in [-0.3, -0.25) is 0 Å². The summed E-state index contributed by atoms with van der Waals surface area (Å²) in [5, 5.41) is 0. The SMILES string of the molecule is CC(C)(C)c1ccc(C2(Cl)COC2)cc1. The van der Waals surface area contributed by atoms with E-state index in [1.807, 2.05) is 0 Å². The molecule has 1 aromatic rings. The summed E-state index contributed by atoms with van der Waals surface area (Å²) < 4.78 is 5.16. The molecule has 1 heterocycles. The maximum absolute atomic E-state index is 6.37. The molecule has 0 aliphatic carbocycles. The van der Waals surface area contributed by atoms with Crippen molar-refractivity contribution in [2.24, 2.45) is 0 Å². The summed E-state index contributed by atoms with van der Waals surface area (Å²) >= 11 is 6.37. The number of benzene rings is 1. The fraction of sp³-hybridized carbons (Fsp3) is 0.538. The first-order valence-electron chi connectivity index (χ1n) is 5.29. The van der Waals surface area contributed by atoms with Gasteiger partial charge in [-0.15, -0.1) is 11.6 Å². The van der Waals surface area contributed by atoms with Crippen LogP contribution in [0.5, 0.6) is 0 Å². The molecule has 0 atom stereocenters. The second-order valence-corrected chi connectivity index (χ2v) is 6.01. The highest BCUT2D eigenvalue weighted by Gasteiger charge is 2.38. The van der Waals surface area contributed by atoms with Gasteiger partial charge in [0.05, 0.1) is 13.2 Å². The van der Waals surface area contributed by atoms with Crippen molar-refractivity contribution in [1.82, 2.24) is 0 Å². The third-order valence-corrected chi connectivity index (χ3v) is 3.37. The monoisotopic (exact) mass is 224 g/mol. The summed E-state index contributed by atoms with van der Waals surface area (Å²) in [7, 11) is 0. The molecule has 0 spiro atoms. The summed E-state index contributed by atoms with van der Waals surface area (Å²) in [5.41, 5.74) is 2.71. The lowest BCUT2D eigenvalue weighted by Gasteiger charge is -2.36. The second kappa shape index (κ2) is 3.50. The summed E-state index contributed by atoms with van der Waals surface area (Å²) in [6, 6.07) is 8.57. The predicted molar refractivity (Wildman–Crippen MR) is 63.5 cm³/mol. The molecule has 1 fully saturated rings. The lowest BCUT2D eigenvalue weighted by Crippen LogP contribution is -2.41. The molecule has 0 amide bonds. The highest BCUT2D eigenvalue weighted by Crippen LogP contribution is 2.37. The molecular weight excluding hydrogens is 208 g/mol. The molecule has 2 rings (SSSR count). The van der Waals surface area contributed by atoms with E-state index in [1.165, 1.54) is 11.1 Å². The third-order valence-electron chi connectivity index (χ3n) is 2.93. The molecular formula is C13H17ClO. The zero-order chi connectivity index (χ0) is 11.1. The van der Waals surface area contributed by atoms with Crippen LogP contribution in [-0.4, -0.2) is 13.2 Å². The molecule has 0 saturated carbocycles. The van der Waals surface area contributed by atoms with E-state index in [-0.39, 0.29) is 10.3 Å². The zero-order valence-corrected chi connectivity index (χ0v) is 10.3. The maximum Gasteiger partial charge on any atom is 0.116 e. The van der Waals surface area contributed by atoms with Crippen LogP contribution in [-0.2, 0) is 15.0 Å². The van der Waals surface area contributed by atoms with Crippen LogP contribution >= 0.6 is 11.6 Å². The van der Waals surface area contributed by atoms with Gasteiger partial charge in [0.15, 0.2) is 0 Å². The second-order valence-electron chi connectivity index (χ2n) is 5.29. The van der Waals surface area contributed by atoms with E-state index in [0.717, 1.165) is 0 Å². The fourth-order valence-corrected chi connectivity index (χ4v) is 2.00. The average molecular weight is 225 g/mol. The minimum atomic E-state index is -0.267. The molecule has 1 aromatic carbocycles. The highest BCUT2D eigenvalue weighted by atomic mass is 35.5. The summed E-state index contributed by atoms with van der Waals surface area (Å²) in [6.45, 7) is 7.90. The van der Waals surface area contributed by atoms with Gasteiger partial charge in [-0.05, 0) is 16.5 Å². The van der Waals surface area contributed by atoms with Crippen LogP contribution in [0.25, 0.3) is 0 Å². The quantitative estimate of drug-likeness (QED) is 0.664. The van der Waals surface area contributed by atoms with Gasteiger partial charge in [-0.1, -0.05) is 45.0 Å². The first-order chi connectivity index (χ1) is 6.92. The minimum absolute atomic E-state index is 0.202. The summed E-state index contributed by atoms with van der Waals surface area (Å²) in [4.78, 5) is -0.267. The molecule has 1 aliphatic rings. The molecule has 15 heavy (non-hydrogen) atoms. The van der Waals surface area contributed by atoms with Crippen molar-refractivity contribution in [2.75, 3.05) is 13.2 Å². The molecule has 0 aromatic heterocycles. The van der Waals surface area contributed by atoms with Crippen molar-refractivity contribution < 1.29 is 4.74 Å². The van der Waals surface area contributed by atoms with Gasteiger partial charge < -0.3 is 4.74 Å². The van der Waals surface area contributed by atoms with E-state index >= 15 is 0 Å². The number of alkyl halides is 1. The highest BCUT2D eigenvalue weighted by molar-refractivity contribution is 6.24. The van der Waals surface area contributed by atoms with E-state index in [9.17, 15) is 0 Å². The van der Waals surface area contributed by atoms with Gasteiger partial charge in [0, 0.05) is 0 Å². The fourth-order valence-electron chi connectivity index (χ4n) is 1.72. The van der Waals surface area contributed by atoms with E-state index < -0.39 is 0 Å². The van der Waals surface area contributed by atoms with Gasteiger partial charge in [0.2, 0.25) is 0 Å². The first kappa shape index (κ1) is 11.0. The van der Waals surface area contributed by atoms with Crippen molar-refractivity contribution >= 4 is 11.6 Å². The Morgan fingerprint density at radius 3 is 2.00 bits per heavy atom. The van der Waals surface area contributed by atoms with E-state index in [4.69, 9.17) is 16.3 Å². The van der Waals surface area contributed by atoms with Crippen molar-refractivity contribution in [3.8, 4) is 0 Å². The van der Waals surface area contributed by atoms with Crippen LogP contribution in [0.4, 0.5) is 0 Å². The Hall–Kier alpha value is -0.530. The van der Waals surface area contributed by atoms with Crippen molar-refractivity contribution in [3.05, 3.63) is 35.4 Å². The molecule has 0 bridgehead atoms. The zero-order valence-electron chi connectivity index (χ0n) is 9.51. The largest absolute Gasteiger partial charge is 0.377 e. The normalized spacial score (nSPS) is 19.7. The molecule has 82 valence electrons. The summed E-state index contributed by atoms with van der Waals surface area (Å²) in [5.74, 6) is 0. The lowest BCUT2D eigenvalue weighted by molar-refractivity contribution is -0.0152. The first-order valence-corrected chi connectivity index (χ1v) is 5.67. The summed E-state index contributed by atoms with van der Waals surface area (Å²) in [6.07, 6.45) is 0. The van der Waals surface area contributed by atoms with Crippen molar-refractivity contribution in [2.45, 2.75) is 31.1 Å². The Bertz CT molecular complexity index is 344. The Morgan fingerprint density at radius 1 is 1.13 bits per heavy atom. The molecule has 1 saturated heterocycles. The lowest BCUT2D eigenvalue weighted by atomic mass is 9.85. The van der Waals surface area contributed by atoms with E-state index in [1.54, 1.807) is 0 Å². The van der Waals surface area contributed by atoms with Crippen LogP contribution in [0.15, 0.2) is 24.3 Å². The third kappa shape index (κ3) is 2.04. The average Bonchev–Trinajstić information content (AvgIpc) is 2.13. The number of ether oxygens (including phenoxy) is 1. The molecule has 0 N–H and O–H groups in total. The molecule has 1 aliphatic heterocycles. The van der Waals surface area contributed by atoms with Crippen molar-refractivity contribution in [3.63, 3.8) is 0 Å². The number of rotatable bonds is 1. The molecule has 1 nitrogen and oxygen atoms in total. The van der Waals surface area contributed by atoms with Crippen LogP contribution in [0.1, 0.15) is 31.9 Å². The number of hydrogen-bond acceptors (Lipinski definition) is 1.